The third-order valence-electron chi connectivity index (χ3n) is 6.60. The molecule has 1 fully saturated rings. The lowest BCUT2D eigenvalue weighted by molar-refractivity contribution is 0.305. The lowest BCUT2D eigenvalue weighted by Crippen LogP contribution is -2.44. The Hall–Kier alpha value is -3.82. The molecule has 158 valence electrons. The molecule has 1 N–H and O–H groups in total. The average molecular weight is 422 g/mol. The van der Waals surface area contributed by atoms with Crippen LogP contribution in [0.1, 0.15) is 11.1 Å². The van der Waals surface area contributed by atoms with Crippen LogP contribution in [0.25, 0.3) is 33.3 Å². The van der Waals surface area contributed by atoms with Gasteiger partial charge in [0.05, 0.1) is 17.0 Å². The highest BCUT2D eigenvalue weighted by molar-refractivity contribution is 6.02. The summed E-state index contributed by atoms with van der Waals surface area (Å²) in [4.78, 5) is 12.8. The molecular formula is C26H23N5O. The predicted molar refractivity (Wildman–Crippen MR) is 126 cm³/mol. The number of aromatic nitrogens is 2. The highest BCUT2D eigenvalue weighted by atomic mass is 16.5. The minimum atomic E-state index is 0.543. The molecule has 0 atom stereocenters. The van der Waals surface area contributed by atoms with E-state index in [0.717, 1.165) is 59.7 Å². The van der Waals surface area contributed by atoms with Crippen molar-refractivity contribution in [1.82, 2.24) is 14.9 Å². The number of nitriles is 1. The van der Waals surface area contributed by atoms with Crippen LogP contribution in [0.3, 0.4) is 0 Å². The number of rotatable bonds is 2. The molecule has 2 aromatic carbocycles. The van der Waals surface area contributed by atoms with Crippen molar-refractivity contribution in [2.24, 2.45) is 0 Å². The number of anilines is 1. The average Bonchev–Trinajstić information content (AvgIpc) is 3.28. The Balaban J connectivity index is 1.42. The third-order valence-corrected chi connectivity index (χ3v) is 6.60. The molecule has 4 aromatic rings. The fraction of sp³-hybridized carbons (Fsp3) is 0.231. The molecule has 2 aromatic heterocycles. The second-order valence-corrected chi connectivity index (χ2v) is 8.54. The van der Waals surface area contributed by atoms with Gasteiger partial charge >= 0.3 is 0 Å². The Labute approximate surface area is 186 Å². The van der Waals surface area contributed by atoms with E-state index in [1.807, 2.05) is 36.7 Å². The summed E-state index contributed by atoms with van der Waals surface area (Å²) in [5.74, 6) is 0.871. The van der Waals surface area contributed by atoms with E-state index in [-0.39, 0.29) is 0 Å². The van der Waals surface area contributed by atoms with Crippen molar-refractivity contribution in [3.05, 3.63) is 66.0 Å². The van der Waals surface area contributed by atoms with Gasteiger partial charge in [-0.2, -0.15) is 5.26 Å². The maximum absolute atomic E-state index is 9.10. The summed E-state index contributed by atoms with van der Waals surface area (Å²) in [6.07, 6.45) is 3.87. The molecule has 6 nitrogen and oxygen atoms in total. The number of aromatic amines is 1. The van der Waals surface area contributed by atoms with Gasteiger partial charge < -0.3 is 19.5 Å². The van der Waals surface area contributed by atoms with E-state index in [0.29, 0.717) is 12.2 Å². The van der Waals surface area contributed by atoms with E-state index in [2.05, 4.69) is 46.1 Å². The molecule has 0 bridgehead atoms. The largest absolute Gasteiger partial charge is 0.487 e. The van der Waals surface area contributed by atoms with Gasteiger partial charge in [0.15, 0.2) is 0 Å². The number of hydrogen-bond acceptors (Lipinski definition) is 5. The van der Waals surface area contributed by atoms with Crippen molar-refractivity contribution in [3.8, 4) is 34.1 Å². The fourth-order valence-electron chi connectivity index (χ4n) is 4.73. The molecule has 2 aliphatic heterocycles. The van der Waals surface area contributed by atoms with Gasteiger partial charge in [-0.25, -0.2) is 4.98 Å². The summed E-state index contributed by atoms with van der Waals surface area (Å²) >= 11 is 0. The third kappa shape index (κ3) is 3.02. The highest BCUT2D eigenvalue weighted by Gasteiger charge is 2.24. The standard InChI is InChI=1S/C26H23N5O/c1-30-8-10-31(11-9-30)20-6-7-21-19(12-20)16-32-25-23(21)15-29-26-24(25)22(14-28-26)18-4-2-17(13-27)3-5-18/h2-7,12,14-15H,8-11,16H2,1H3,(H,28,29). The summed E-state index contributed by atoms with van der Waals surface area (Å²) in [5.41, 5.74) is 8.19. The molecule has 4 heterocycles. The van der Waals surface area contributed by atoms with Crippen LogP contribution in [0.15, 0.2) is 54.9 Å². The Morgan fingerprint density at radius 3 is 2.59 bits per heavy atom. The minimum Gasteiger partial charge on any atom is -0.487 e. The number of H-pyrrole nitrogens is 1. The van der Waals surface area contributed by atoms with Gasteiger partial charge in [0.25, 0.3) is 0 Å². The number of fused-ring (bicyclic) bond motifs is 5. The van der Waals surface area contributed by atoms with E-state index in [4.69, 9.17) is 15.0 Å². The topological polar surface area (TPSA) is 68.2 Å². The van der Waals surface area contributed by atoms with Crippen LogP contribution < -0.4 is 9.64 Å². The molecule has 1 saturated heterocycles. The molecule has 0 saturated carbocycles. The van der Waals surface area contributed by atoms with Crippen molar-refractivity contribution in [2.45, 2.75) is 6.61 Å². The van der Waals surface area contributed by atoms with E-state index in [1.165, 1.54) is 16.8 Å². The van der Waals surface area contributed by atoms with Crippen molar-refractivity contribution in [1.29, 1.82) is 5.26 Å². The lowest BCUT2D eigenvalue weighted by atomic mass is 9.95. The number of nitrogens with zero attached hydrogens (tertiary/aromatic N) is 4. The van der Waals surface area contributed by atoms with E-state index in [1.54, 1.807) is 0 Å². The minimum absolute atomic E-state index is 0.543. The summed E-state index contributed by atoms with van der Waals surface area (Å²) in [7, 11) is 2.18. The number of ether oxygens (including phenoxy) is 1. The zero-order valence-corrected chi connectivity index (χ0v) is 17.9. The number of piperazine rings is 1. The van der Waals surface area contributed by atoms with Crippen LogP contribution >= 0.6 is 0 Å². The molecule has 0 unspecified atom stereocenters. The Morgan fingerprint density at radius 1 is 1.00 bits per heavy atom. The monoisotopic (exact) mass is 421 g/mol. The van der Waals surface area contributed by atoms with Crippen LogP contribution in [0.5, 0.6) is 5.75 Å². The number of benzene rings is 2. The van der Waals surface area contributed by atoms with Crippen LogP contribution in [0.4, 0.5) is 5.69 Å². The zero-order chi connectivity index (χ0) is 21.7. The summed E-state index contributed by atoms with van der Waals surface area (Å²) in [5, 5.41) is 10.1. The smallest absolute Gasteiger partial charge is 0.141 e. The van der Waals surface area contributed by atoms with Crippen LogP contribution in [0, 0.1) is 11.3 Å². The van der Waals surface area contributed by atoms with Gasteiger partial charge in [0, 0.05) is 55.4 Å². The number of nitrogens with one attached hydrogen (secondary N) is 1. The maximum atomic E-state index is 9.10. The first-order valence-electron chi connectivity index (χ1n) is 10.9. The zero-order valence-electron chi connectivity index (χ0n) is 17.9. The number of likely N-dealkylation sites (N-methyl/N-ethyl adjacent to an activating group) is 1. The van der Waals surface area contributed by atoms with Gasteiger partial charge in [0.1, 0.15) is 18.0 Å². The second kappa shape index (κ2) is 7.40. The molecule has 0 amide bonds. The highest BCUT2D eigenvalue weighted by Crippen LogP contribution is 2.45. The summed E-state index contributed by atoms with van der Waals surface area (Å²) in [6, 6.07) is 16.5. The Bertz CT molecular complexity index is 1360. The molecule has 0 radical (unpaired) electrons. The predicted octanol–water partition coefficient (Wildman–Crippen LogP) is 4.41. The normalized spacial score (nSPS) is 15.7. The SMILES string of the molecule is CN1CCN(c2ccc3c(c2)COc2c-3cnc3[nH]cc(-c4ccc(C#N)cc4)c23)CC1. The Kier molecular flexibility index (Phi) is 4.37. The van der Waals surface area contributed by atoms with E-state index in [9.17, 15) is 0 Å². The summed E-state index contributed by atoms with van der Waals surface area (Å²) < 4.78 is 6.35. The number of pyridine rings is 1. The van der Waals surface area contributed by atoms with Crippen LogP contribution in [-0.2, 0) is 6.61 Å². The van der Waals surface area contributed by atoms with Crippen molar-refractivity contribution in [2.75, 3.05) is 38.1 Å². The second-order valence-electron chi connectivity index (χ2n) is 8.54. The molecular weight excluding hydrogens is 398 g/mol. The van der Waals surface area contributed by atoms with Gasteiger partial charge in [-0.1, -0.05) is 18.2 Å². The van der Waals surface area contributed by atoms with Crippen LogP contribution in [0.2, 0.25) is 0 Å². The van der Waals surface area contributed by atoms with Gasteiger partial charge in [-0.3, -0.25) is 0 Å². The van der Waals surface area contributed by atoms with Gasteiger partial charge in [0.2, 0.25) is 0 Å². The van der Waals surface area contributed by atoms with Gasteiger partial charge in [-0.15, -0.1) is 0 Å². The quantitative estimate of drug-likeness (QED) is 0.519. The number of hydrogen-bond donors (Lipinski definition) is 1. The molecule has 6 heteroatoms. The molecule has 0 spiro atoms. The molecule has 2 aliphatic rings. The van der Waals surface area contributed by atoms with E-state index < -0.39 is 0 Å². The molecule has 32 heavy (non-hydrogen) atoms. The first-order valence-corrected chi connectivity index (χ1v) is 10.9. The lowest BCUT2D eigenvalue weighted by Gasteiger charge is -2.34. The Morgan fingerprint density at radius 2 is 1.81 bits per heavy atom. The molecule has 6 rings (SSSR count). The van der Waals surface area contributed by atoms with Gasteiger partial charge in [-0.05, 0) is 48.0 Å². The molecule has 0 aliphatic carbocycles. The van der Waals surface area contributed by atoms with Crippen molar-refractivity contribution in [3.63, 3.8) is 0 Å². The maximum Gasteiger partial charge on any atom is 0.141 e. The first-order chi connectivity index (χ1) is 15.7. The summed E-state index contributed by atoms with van der Waals surface area (Å²) in [6.45, 7) is 4.81. The fourth-order valence-corrected chi connectivity index (χ4v) is 4.73. The first kappa shape index (κ1) is 18.9. The van der Waals surface area contributed by atoms with Crippen molar-refractivity contribution < 1.29 is 4.74 Å². The van der Waals surface area contributed by atoms with Crippen LogP contribution in [-0.4, -0.2) is 48.1 Å². The van der Waals surface area contributed by atoms with Crippen molar-refractivity contribution >= 4 is 16.7 Å². The van der Waals surface area contributed by atoms with E-state index >= 15 is 0 Å².